The molecule has 2 heterocycles. The highest BCUT2D eigenvalue weighted by atomic mass is 16.2. The molecular formula is C11H10N2O2. The number of imide groups is 1. The van der Waals surface area contributed by atoms with E-state index in [-0.39, 0.29) is 18.2 Å². The maximum Gasteiger partial charge on any atom is 0.254 e. The normalized spacial score (nSPS) is 18.3. The number of amides is 2. The topological polar surface area (TPSA) is 59.1 Å². The zero-order valence-corrected chi connectivity index (χ0v) is 8.28. The number of hydrogen-bond acceptors (Lipinski definition) is 3. The van der Waals surface area contributed by atoms with Gasteiger partial charge in [0.1, 0.15) is 0 Å². The molecule has 0 unspecified atom stereocenters. The van der Waals surface area contributed by atoms with E-state index in [0.717, 1.165) is 11.3 Å². The van der Waals surface area contributed by atoms with Crippen molar-refractivity contribution in [2.24, 2.45) is 0 Å². The Morgan fingerprint density at radius 2 is 2.20 bits per heavy atom. The van der Waals surface area contributed by atoms with E-state index in [0.29, 0.717) is 5.57 Å². The van der Waals surface area contributed by atoms with E-state index < -0.39 is 0 Å². The van der Waals surface area contributed by atoms with Crippen LogP contribution in [0.1, 0.15) is 17.7 Å². The van der Waals surface area contributed by atoms with Crippen molar-refractivity contribution in [3.63, 3.8) is 0 Å². The molecule has 0 atom stereocenters. The van der Waals surface area contributed by atoms with E-state index in [1.807, 2.05) is 19.1 Å². The first kappa shape index (κ1) is 9.58. The van der Waals surface area contributed by atoms with Gasteiger partial charge in [-0.2, -0.15) is 0 Å². The predicted octanol–water partition coefficient (Wildman–Crippen LogP) is 0.820. The van der Waals surface area contributed by atoms with Crippen molar-refractivity contribution in [3.05, 3.63) is 35.2 Å². The van der Waals surface area contributed by atoms with Crippen LogP contribution in [-0.2, 0) is 9.59 Å². The number of carbonyl (C=O) groups excluding carboxylic acids is 2. The third-order valence-corrected chi connectivity index (χ3v) is 2.17. The molecule has 4 nitrogen and oxygen atoms in total. The second kappa shape index (κ2) is 3.65. The molecule has 15 heavy (non-hydrogen) atoms. The van der Waals surface area contributed by atoms with Gasteiger partial charge >= 0.3 is 0 Å². The van der Waals surface area contributed by atoms with Gasteiger partial charge in [0.2, 0.25) is 5.91 Å². The zero-order valence-electron chi connectivity index (χ0n) is 8.28. The molecule has 0 bridgehead atoms. The number of nitrogens with one attached hydrogen (secondary N) is 1. The van der Waals surface area contributed by atoms with Gasteiger partial charge in [-0.05, 0) is 24.6 Å². The van der Waals surface area contributed by atoms with E-state index in [2.05, 4.69) is 10.3 Å². The lowest BCUT2D eigenvalue weighted by Crippen LogP contribution is -2.19. The number of aryl methyl sites for hydroxylation is 1. The molecule has 1 aliphatic heterocycles. The average Bonchev–Trinajstić information content (AvgIpc) is 2.49. The van der Waals surface area contributed by atoms with E-state index in [9.17, 15) is 9.59 Å². The summed E-state index contributed by atoms with van der Waals surface area (Å²) in [5.41, 5.74) is 2.25. The summed E-state index contributed by atoms with van der Waals surface area (Å²) < 4.78 is 0. The summed E-state index contributed by atoms with van der Waals surface area (Å²) >= 11 is 0. The van der Waals surface area contributed by atoms with Crippen LogP contribution in [0.15, 0.2) is 23.9 Å². The van der Waals surface area contributed by atoms with Crippen LogP contribution in [0, 0.1) is 6.92 Å². The lowest BCUT2D eigenvalue weighted by Gasteiger charge is -1.95. The SMILES string of the molecule is Cc1ccc(/C=C2/CC(=O)NC2=O)cn1. The molecule has 4 heteroatoms. The van der Waals surface area contributed by atoms with E-state index in [1.54, 1.807) is 12.3 Å². The van der Waals surface area contributed by atoms with Crippen molar-refractivity contribution in [2.45, 2.75) is 13.3 Å². The number of rotatable bonds is 1. The van der Waals surface area contributed by atoms with Crippen LogP contribution in [0.5, 0.6) is 0 Å². The monoisotopic (exact) mass is 202 g/mol. The molecule has 0 spiro atoms. The molecule has 1 aromatic rings. The molecule has 2 rings (SSSR count). The number of nitrogens with zero attached hydrogens (tertiary/aromatic N) is 1. The fourth-order valence-electron chi connectivity index (χ4n) is 1.39. The van der Waals surface area contributed by atoms with Gasteiger partial charge in [-0.1, -0.05) is 6.07 Å². The summed E-state index contributed by atoms with van der Waals surface area (Å²) in [6.07, 6.45) is 3.53. The molecule has 2 amide bonds. The van der Waals surface area contributed by atoms with E-state index in [1.165, 1.54) is 0 Å². The van der Waals surface area contributed by atoms with Crippen molar-refractivity contribution in [1.29, 1.82) is 0 Å². The number of aromatic nitrogens is 1. The van der Waals surface area contributed by atoms with Gasteiger partial charge in [-0.25, -0.2) is 0 Å². The minimum absolute atomic E-state index is 0.159. The first-order chi connectivity index (χ1) is 7.15. The van der Waals surface area contributed by atoms with E-state index in [4.69, 9.17) is 0 Å². The van der Waals surface area contributed by atoms with Crippen molar-refractivity contribution in [2.75, 3.05) is 0 Å². The van der Waals surface area contributed by atoms with Crippen LogP contribution in [0.2, 0.25) is 0 Å². The van der Waals surface area contributed by atoms with Crippen molar-refractivity contribution < 1.29 is 9.59 Å². The minimum Gasteiger partial charge on any atom is -0.292 e. The largest absolute Gasteiger partial charge is 0.292 e. The second-order valence-electron chi connectivity index (χ2n) is 3.46. The fraction of sp³-hybridized carbons (Fsp3) is 0.182. The first-order valence-electron chi connectivity index (χ1n) is 4.62. The van der Waals surface area contributed by atoms with Crippen LogP contribution in [0.25, 0.3) is 6.08 Å². The molecule has 1 fully saturated rings. The first-order valence-corrected chi connectivity index (χ1v) is 4.62. The van der Waals surface area contributed by atoms with Crippen LogP contribution in [0.3, 0.4) is 0 Å². The quantitative estimate of drug-likeness (QED) is 0.541. The summed E-state index contributed by atoms with van der Waals surface area (Å²) in [6, 6.07) is 3.73. The molecule has 1 N–H and O–H groups in total. The third-order valence-electron chi connectivity index (χ3n) is 2.17. The Morgan fingerprint density at radius 3 is 2.73 bits per heavy atom. The van der Waals surface area contributed by atoms with Crippen molar-refractivity contribution >= 4 is 17.9 Å². The fourth-order valence-corrected chi connectivity index (χ4v) is 1.39. The molecule has 1 aromatic heterocycles. The van der Waals surface area contributed by atoms with Crippen LogP contribution in [-0.4, -0.2) is 16.8 Å². The lowest BCUT2D eigenvalue weighted by molar-refractivity contribution is -0.124. The van der Waals surface area contributed by atoms with Gasteiger partial charge in [0.25, 0.3) is 5.91 Å². The molecule has 1 aliphatic rings. The Hall–Kier alpha value is -1.97. The van der Waals surface area contributed by atoms with Crippen molar-refractivity contribution in [3.8, 4) is 0 Å². The van der Waals surface area contributed by atoms with Gasteiger partial charge in [-0.15, -0.1) is 0 Å². The van der Waals surface area contributed by atoms with Crippen LogP contribution >= 0.6 is 0 Å². The van der Waals surface area contributed by atoms with Gasteiger partial charge in [0.15, 0.2) is 0 Å². The molecule has 1 saturated heterocycles. The number of hydrogen-bond donors (Lipinski definition) is 1. The molecule has 0 saturated carbocycles. The second-order valence-corrected chi connectivity index (χ2v) is 3.46. The highest BCUT2D eigenvalue weighted by Crippen LogP contribution is 2.14. The Kier molecular flexibility index (Phi) is 2.33. The summed E-state index contributed by atoms with van der Waals surface area (Å²) in [5.74, 6) is -0.549. The summed E-state index contributed by atoms with van der Waals surface area (Å²) in [4.78, 5) is 26.3. The zero-order chi connectivity index (χ0) is 10.8. The summed E-state index contributed by atoms with van der Waals surface area (Å²) in [7, 11) is 0. The highest BCUT2D eigenvalue weighted by Gasteiger charge is 2.23. The van der Waals surface area contributed by atoms with Gasteiger partial charge in [0.05, 0.1) is 6.42 Å². The Balaban J connectivity index is 2.27. The Morgan fingerprint density at radius 1 is 1.40 bits per heavy atom. The van der Waals surface area contributed by atoms with Gasteiger partial charge in [-0.3, -0.25) is 19.9 Å². The maximum atomic E-state index is 11.2. The standard InChI is InChI=1S/C11H10N2O2/c1-7-2-3-8(6-12-7)4-9-5-10(14)13-11(9)15/h2-4,6H,5H2,1H3,(H,13,14,15)/b9-4-. The third kappa shape index (κ3) is 2.10. The Labute approximate surface area is 87.0 Å². The lowest BCUT2D eigenvalue weighted by atomic mass is 10.1. The van der Waals surface area contributed by atoms with Crippen LogP contribution < -0.4 is 5.32 Å². The molecular weight excluding hydrogens is 192 g/mol. The Bertz CT molecular complexity index is 446. The van der Waals surface area contributed by atoms with Crippen molar-refractivity contribution in [1.82, 2.24) is 10.3 Å². The predicted molar refractivity (Wildman–Crippen MR) is 54.7 cm³/mol. The average molecular weight is 202 g/mol. The molecule has 76 valence electrons. The molecule has 0 aliphatic carbocycles. The smallest absolute Gasteiger partial charge is 0.254 e. The van der Waals surface area contributed by atoms with E-state index >= 15 is 0 Å². The highest BCUT2D eigenvalue weighted by molar-refractivity contribution is 6.15. The molecule has 0 radical (unpaired) electrons. The van der Waals surface area contributed by atoms with Gasteiger partial charge < -0.3 is 0 Å². The maximum absolute atomic E-state index is 11.2. The van der Waals surface area contributed by atoms with Gasteiger partial charge in [0, 0.05) is 17.5 Å². The summed E-state index contributed by atoms with van der Waals surface area (Å²) in [6.45, 7) is 1.89. The van der Waals surface area contributed by atoms with Crippen LogP contribution in [0.4, 0.5) is 0 Å². The molecule has 0 aromatic carbocycles. The number of carbonyl (C=O) groups is 2. The summed E-state index contributed by atoms with van der Waals surface area (Å²) in [5, 5.41) is 2.23. The minimum atomic E-state index is -0.305. The number of pyridine rings is 1.